The molecule has 4 saturated heterocycles. The topological polar surface area (TPSA) is 384 Å². The lowest BCUT2D eigenvalue weighted by molar-refractivity contribution is -0.222. The first kappa shape index (κ1) is 114. The molecule has 7 aliphatic heterocycles. The zero-order valence-corrected chi connectivity index (χ0v) is 84.7. The molecule has 4 aromatic rings. The third kappa shape index (κ3) is 37.3. The number of aliphatic hydroxyl groups is 8. The Kier molecular flexibility index (Phi) is 46.0. The number of carbonyl (C=O) groups excluding carboxylic acids is 6. The highest BCUT2D eigenvalue weighted by atomic mass is 28.3. The molecule has 138 heavy (non-hydrogen) atoms. The summed E-state index contributed by atoms with van der Waals surface area (Å²) in [6, 6.07) is 29.7. The summed E-state index contributed by atoms with van der Waals surface area (Å²) in [4.78, 5) is 69.4. The van der Waals surface area contributed by atoms with E-state index in [1.54, 1.807) is 43.3 Å². The SMILES string of the molecule is CC[C@H]1OC(C#Cc2ccc(C#CC3O[C@H](COC(C)=O)[C@@H](OC(C)=O)[C@H](OC(C)=O)[C@@H]3C)cc2)[C@@H](OC(C)=O)[C@@H](C)[C@@H]1C.CC[C@H]1O[C+]=C[C@@H](C)[C@@H]1C.CC[C@H]1O[C@H](C#Cc2ccc(C#C[C@@H]3C=C[C@H](OC(C)=O)[C@@H](COC(C)=O)O3)cc2)C=C[C@@H]1C.C[Si](C)(C)C#Cc1ccc(C#C[Si](C)(C)C)cc1.OC[C@H]1O[C@H](C#Cc2ccc(C#C[C@H]3O[C@H](CO)[C@@H](O)[C@H](O)[C@@H]3O)cc2)[C@@H](O)[C@@H](O)[C@@H]1O. The van der Waals surface area contributed by atoms with E-state index < -0.39 is 181 Å². The number of esters is 6. The van der Waals surface area contributed by atoms with Gasteiger partial charge in [0.05, 0.1) is 25.4 Å². The molecule has 0 radical (unpaired) electrons. The molecule has 27 nitrogen and oxygen atoms in total. The van der Waals surface area contributed by atoms with Gasteiger partial charge in [0, 0.05) is 116 Å². The van der Waals surface area contributed by atoms with Gasteiger partial charge in [0.2, 0.25) is 6.08 Å². The number of ether oxygens (including phenoxy) is 13. The van der Waals surface area contributed by atoms with Crippen LogP contribution in [-0.4, -0.2) is 260 Å². The summed E-state index contributed by atoms with van der Waals surface area (Å²) in [7, 11) is -2.55. The summed E-state index contributed by atoms with van der Waals surface area (Å²) in [6.45, 7) is 38.9. The summed E-state index contributed by atoms with van der Waals surface area (Å²) in [5.74, 6) is 40.9. The molecule has 29 atom stereocenters. The number of aliphatic hydroxyl groups excluding tert-OH is 8. The molecule has 0 spiro atoms. The fraction of sp³-hybridized carbons (Fsp3) is 0.523. The van der Waals surface area contributed by atoms with Crippen molar-refractivity contribution in [3.63, 3.8) is 0 Å². The summed E-state index contributed by atoms with van der Waals surface area (Å²) >= 11 is 0. The van der Waals surface area contributed by atoms with Gasteiger partial charge in [-0.3, -0.25) is 33.5 Å². The molecule has 740 valence electrons. The zero-order chi connectivity index (χ0) is 102. The van der Waals surface area contributed by atoms with Gasteiger partial charge < -0.3 is 97.7 Å². The maximum atomic E-state index is 11.9. The average molecular weight is 1930 g/mol. The second-order valence-corrected chi connectivity index (χ2v) is 46.3. The minimum atomic E-state index is -1.50. The molecule has 8 N–H and O–H groups in total. The van der Waals surface area contributed by atoms with Gasteiger partial charge in [-0.05, 0) is 140 Å². The van der Waals surface area contributed by atoms with Crippen molar-refractivity contribution in [2.24, 2.45) is 35.5 Å². The van der Waals surface area contributed by atoms with Crippen molar-refractivity contribution in [1.82, 2.24) is 0 Å². The van der Waals surface area contributed by atoms with Crippen molar-refractivity contribution in [1.29, 1.82) is 0 Å². The van der Waals surface area contributed by atoms with Crippen molar-refractivity contribution in [3.8, 4) is 94.0 Å². The fourth-order valence-electron chi connectivity index (χ4n) is 14.9. The van der Waals surface area contributed by atoms with Crippen molar-refractivity contribution in [2.45, 2.75) is 303 Å². The van der Waals surface area contributed by atoms with E-state index in [4.69, 9.17) is 61.6 Å². The molecule has 11 rings (SSSR count). The van der Waals surface area contributed by atoms with Crippen LogP contribution in [0.5, 0.6) is 0 Å². The summed E-state index contributed by atoms with van der Waals surface area (Å²) < 4.78 is 72.1. The van der Waals surface area contributed by atoms with Crippen LogP contribution >= 0.6 is 0 Å². The van der Waals surface area contributed by atoms with Crippen molar-refractivity contribution in [3.05, 3.63) is 178 Å². The van der Waals surface area contributed by atoms with Gasteiger partial charge in [0.25, 0.3) is 0 Å². The Morgan fingerprint density at radius 3 is 1.04 bits per heavy atom. The quantitative estimate of drug-likeness (QED) is 0.0154. The molecule has 4 fully saturated rings. The van der Waals surface area contributed by atoms with E-state index in [-0.39, 0.29) is 49.3 Å². The van der Waals surface area contributed by atoms with Gasteiger partial charge in [-0.15, -0.1) is 11.1 Å². The monoisotopic (exact) mass is 1930 g/mol. The Hall–Kier alpha value is -11.0. The van der Waals surface area contributed by atoms with E-state index >= 15 is 0 Å². The third-order valence-electron chi connectivity index (χ3n) is 23.1. The Morgan fingerprint density at radius 2 is 0.667 bits per heavy atom. The minimum absolute atomic E-state index is 0.0246. The number of carbonyl (C=O) groups is 6. The largest absolute Gasteiger partial charge is 0.480 e. The first-order chi connectivity index (χ1) is 65.3. The van der Waals surface area contributed by atoms with Crippen molar-refractivity contribution >= 4 is 52.0 Å². The lowest BCUT2D eigenvalue weighted by Gasteiger charge is -2.42. The first-order valence-electron chi connectivity index (χ1n) is 46.7. The number of benzene rings is 4. The maximum Gasteiger partial charge on any atom is 0.480 e. The average Bonchev–Trinajstić information content (AvgIpc) is 0.793. The summed E-state index contributed by atoms with van der Waals surface area (Å²) in [5, 5.41) is 77.6. The van der Waals surface area contributed by atoms with Crippen LogP contribution in [0.25, 0.3) is 0 Å². The normalized spacial score (nSPS) is 30.1. The molecule has 29 heteroatoms. The molecule has 0 aliphatic carbocycles. The molecule has 0 amide bonds. The van der Waals surface area contributed by atoms with Crippen LogP contribution in [0.4, 0.5) is 0 Å². The van der Waals surface area contributed by atoms with Gasteiger partial charge in [0.1, 0.15) is 139 Å². The Balaban J connectivity index is 0.000000249. The molecule has 0 bridgehead atoms. The van der Waals surface area contributed by atoms with Crippen LogP contribution in [0.1, 0.15) is 168 Å². The third-order valence-corrected chi connectivity index (χ3v) is 24.9. The zero-order valence-electron chi connectivity index (χ0n) is 82.7. The van der Waals surface area contributed by atoms with E-state index in [2.05, 4.69) is 225 Å². The van der Waals surface area contributed by atoms with Crippen LogP contribution in [0.3, 0.4) is 0 Å². The predicted molar refractivity (Wildman–Crippen MR) is 522 cm³/mol. The highest BCUT2D eigenvalue weighted by Crippen LogP contribution is 2.36. The van der Waals surface area contributed by atoms with Crippen LogP contribution in [0, 0.1) is 136 Å². The van der Waals surface area contributed by atoms with E-state index in [0.29, 0.717) is 40.5 Å². The van der Waals surface area contributed by atoms with Crippen molar-refractivity contribution in [2.75, 3.05) is 26.4 Å². The Bertz CT molecular complexity index is 5180. The highest BCUT2D eigenvalue weighted by molar-refractivity contribution is 6.84. The van der Waals surface area contributed by atoms with E-state index in [1.807, 2.05) is 60.7 Å². The fourth-order valence-corrected chi connectivity index (χ4v) is 16.0. The minimum Gasteiger partial charge on any atom is -0.463 e. The van der Waals surface area contributed by atoms with Gasteiger partial charge >= 0.3 is 42.1 Å². The summed E-state index contributed by atoms with van der Waals surface area (Å²) in [5.41, 5.74) is 13.1. The number of hydrogen-bond donors (Lipinski definition) is 8. The molecule has 2 unspecified atom stereocenters. The molecule has 7 aliphatic rings. The predicted octanol–water partition coefficient (Wildman–Crippen LogP) is 9.78. The van der Waals surface area contributed by atoms with Gasteiger partial charge in [0.15, 0.2) is 18.3 Å². The van der Waals surface area contributed by atoms with Gasteiger partial charge in [-0.25, -0.2) is 0 Å². The second kappa shape index (κ2) is 55.7. The van der Waals surface area contributed by atoms with E-state index in [9.17, 15) is 69.6 Å². The Labute approximate surface area is 815 Å². The maximum absolute atomic E-state index is 11.9. The smallest absolute Gasteiger partial charge is 0.463 e. The highest BCUT2D eigenvalue weighted by Gasteiger charge is 2.49. The molecular weight excluding hydrogens is 1800 g/mol. The molecule has 7 heterocycles. The lowest BCUT2D eigenvalue weighted by atomic mass is 9.80. The van der Waals surface area contributed by atoms with E-state index in [0.717, 1.165) is 47.1 Å². The van der Waals surface area contributed by atoms with Crippen LogP contribution in [-0.2, 0) is 90.3 Å². The lowest BCUT2D eigenvalue weighted by Crippen LogP contribution is -2.58. The number of hydrogen-bond acceptors (Lipinski definition) is 27. The number of allylic oxidation sites excluding steroid dienone is 1. The van der Waals surface area contributed by atoms with Gasteiger partial charge in [-0.2, -0.15) is 0 Å². The summed E-state index contributed by atoms with van der Waals surface area (Å²) in [6.07, 6.45) is -3.48. The first-order valence-corrected chi connectivity index (χ1v) is 53.7. The van der Waals surface area contributed by atoms with Crippen LogP contribution in [0.15, 0.2) is 127 Å². The number of rotatable bonds is 13. The van der Waals surface area contributed by atoms with Crippen LogP contribution in [0.2, 0.25) is 39.3 Å². The molecular formula is C109H135O27Si2+. The van der Waals surface area contributed by atoms with E-state index in [1.165, 1.54) is 41.5 Å². The van der Waals surface area contributed by atoms with Gasteiger partial charge in [-0.1, -0.05) is 191 Å². The molecule has 0 saturated carbocycles. The van der Waals surface area contributed by atoms with Crippen molar-refractivity contribution < 1.29 is 131 Å². The molecule has 0 aromatic heterocycles. The second-order valence-electron chi connectivity index (χ2n) is 36.8. The standard InChI is InChI=1S/C34H42O10.C28H30O6.C22H26O10.C16H22Si2.C9H15O/c1-9-28-19(2)20(3)32(40-23(6)36)30(43-28)17-15-27-12-10-26(11-13-27)14-16-29-21(4)33(41-24(7)37)34(42-25(8)38)31(44-29)18-39-22(5)35;1-5-26-19(2)6-13-24(33-26)14-11-22-7-9-23(10-8-22)12-15-25-16-17-27(32-21(4)30)28(34-25)18-31-20(3)29;23-9-15-19(27)21(29)17(25)13(31-15)7-5-11-1-2-12(4-3-11)6-8-14-18(26)22(30)20(28)16(10-24)32-14;1-17(2,3)13-11-15-7-9-16(10-8-15)12-14-18(4,5)6;1-4-9-8(3)7(2)5-6-10-9/h10-13,19-21,28-34H,9,18H2,1-8H3;6-10,13,16-17,19,24-28H,5,18H2,1-4H3;1-4,13-30H,9-10H2;7-10H,1-6H3;5,7-9H,4H2,1-3H3/q;;;;+1/t19-,20-,21+,28+,29?,30?,31+,32-,33+,34+;19-,24-,25+,26+,27-,28+;13-,14-,15-,16-,17-,18-,19-,20-,21-,22-;;7-,8+,9-/m001.1/s1. The molecule has 4 aromatic carbocycles. The van der Waals surface area contributed by atoms with Crippen LogP contribution < -0.4 is 0 Å². The Morgan fingerprint density at radius 1 is 0.326 bits per heavy atom.